The Morgan fingerprint density at radius 1 is 1.47 bits per heavy atom. The first-order valence-corrected chi connectivity index (χ1v) is 6.64. The number of carbonyl (C=O) groups excluding carboxylic acids is 1. The summed E-state index contributed by atoms with van der Waals surface area (Å²) in [5.41, 5.74) is 0.818. The van der Waals surface area contributed by atoms with Gasteiger partial charge in [0.1, 0.15) is 0 Å². The Morgan fingerprint density at radius 2 is 2.24 bits per heavy atom. The average Bonchev–Trinajstić information content (AvgIpc) is 2.68. The Labute approximate surface area is 105 Å². The van der Waals surface area contributed by atoms with Gasteiger partial charge in [0.25, 0.3) is 0 Å². The molecule has 1 unspecified atom stereocenters. The van der Waals surface area contributed by atoms with Crippen molar-refractivity contribution in [2.45, 2.75) is 31.4 Å². The largest absolute Gasteiger partial charge is 0.304 e. The number of aromatic nitrogens is 1. The van der Waals surface area contributed by atoms with Crippen LogP contribution >= 0.6 is 11.8 Å². The van der Waals surface area contributed by atoms with E-state index >= 15 is 0 Å². The Hall–Kier alpha value is -1.36. The molecule has 0 saturated carbocycles. The molecule has 4 nitrogen and oxygen atoms in total. The first-order valence-electron chi connectivity index (χ1n) is 5.76. The van der Waals surface area contributed by atoms with Crippen LogP contribution in [-0.2, 0) is 4.79 Å². The van der Waals surface area contributed by atoms with Crippen LogP contribution < -0.4 is 5.32 Å². The van der Waals surface area contributed by atoms with Gasteiger partial charge in [-0.3, -0.25) is 9.78 Å². The quantitative estimate of drug-likeness (QED) is 0.892. The van der Waals surface area contributed by atoms with Gasteiger partial charge in [-0.25, -0.2) is 4.99 Å². The van der Waals surface area contributed by atoms with Crippen molar-refractivity contribution < 1.29 is 4.79 Å². The fourth-order valence-electron chi connectivity index (χ4n) is 1.57. The third kappa shape index (κ3) is 3.30. The predicted molar refractivity (Wildman–Crippen MR) is 70.4 cm³/mol. The van der Waals surface area contributed by atoms with E-state index < -0.39 is 0 Å². The van der Waals surface area contributed by atoms with Crippen molar-refractivity contribution in [3.63, 3.8) is 0 Å². The van der Waals surface area contributed by atoms with Crippen LogP contribution in [0.25, 0.3) is 0 Å². The highest BCUT2D eigenvalue weighted by atomic mass is 32.2. The molecule has 0 radical (unpaired) electrons. The minimum Gasteiger partial charge on any atom is -0.304 e. The monoisotopic (exact) mass is 249 g/mol. The smallest absolute Gasteiger partial charge is 0.239 e. The Morgan fingerprint density at radius 3 is 2.94 bits per heavy atom. The topological polar surface area (TPSA) is 54.4 Å². The molecule has 1 atom stereocenters. The number of nitrogens with one attached hydrogen (secondary N) is 1. The SMILES string of the molecule is CCCCC1SC(=Nc2ccncc2)NC1=O. The van der Waals surface area contributed by atoms with E-state index in [-0.39, 0.29) is 11.2 Å². The number of carbonyl (C=O) groups is 1. The van der Waals surface area contributed by atoms with Crippen molar-refractivity contribution in [1.82, 2.24) is 10.3 Å². The van der Waals surface area contributed by atoms with Gasteiger partial charge in [-0.05, 0) is 18.6 Å². The van der Waals surface area contributed by atoms with Crippen LogP contribution in [0.2, 0.25) is 0 Å². The number of nitrogens with zero attached hydrogens (tertiary/aromatic N) is 2. The van der Waals surface area contributed by atoms with Crippen LogP contribution in [0.15, 0.2) is 29.5 Å². The van der Waals surface area contributed by atoms with Crippen molar-refractivity contribution in [2.24, 2.45) is 4.99 Å². The van der Waals surface area contributed by atoms with Gasteiger partial charge in [0.15, 0.2) is 5.17 Å². The van der Waals surface area contributed by atoms with Gasteiger partial charge in [-0.1, -0.05) is 31.5 Å². The summed E-state index contributed by atoms with van der Waals surface area (Å²) in [4.78, 5) is 20.0. The highest BCUT2D eigenvalue weighted by molar-refractivity contribution is 8.15. The summed E-state index contributed by atoms with van der Waals surface area (Å²) in [7, 11) is 0. The summed E-state index contributed by atoms with van der Waals surface area (Å²) in [6.07, 6.45) is 6.49. The van der Waals surface area contributed by atoms with Crippen molar-refractivity contribution in [1.29, 1.82) is 0 Å². The molecular weight excluding hydrogens is 234 g/mol. The molecular formula is C12H15N3OS. The fourth-order valence-corrected chi connectivity index (χ4v) is 2.61. The normalized spacial score (nSPS) is 21.8. The maximum atomic E-state index is 11.7. The summed E-state index contributed by atoms with van der Waals surface area (Å²) < 4.78 is 0. The van der Waals surface area contributed by atoms with E-state index in [1.165, 1.54) is 11.8 Å². The number of thioether (sulfide) groups is 1. The lowest BCUT2D eigenvalue weighted by Gasteiger charge is -2.01. The second-order valence-corrected chi connectivity index (χ2v) is 5.05. The summed E-state index contributed by atoms with van der Waals surface area (Å²) >= 11 is 1.52. The van der Waals surface area contributed by atoms with E-state index in [1.54, 1.807) is 12.4 Å². The molecule has 1 fully saturated rings. The van der Waals surface area contributed by atoms with E-state index in [1.807, 2.05) is 12.1 Å². The molecule has 90 valence electrons. The lowest BCUT2D eigenvalue weighted by Crippen LogP contribution is -2.24. The standard InChI is InChI=1S/C12H15N3OS/c1-2-3-4-10-11(16)15-12(17-10)14-9-5-7-13-8-6-9/h5-8,10H,2-4H2,1H3,(H,13,14,15,16). The Kier molecular flexibility index (Phi) is 4.14. The zero-order valence-electron chi connectivity index (χ0n) is 9.72. The van der Waals surface area contributed by atoms with Crippen LogP contribution in [-0.4, -0.2) is 21.3 Å². The lowest BCUT2D eigenvalue weighted by molar-refractivity contribution is -0.118. The maximum Gasteiger partial charge on any atom is 0.239 e. The van der Waals surface area contributed by atoms with Crippen LogP contribution in [0.4, 0.5) is 5.69 Å². The summed E-state index contributed by atoms with van der Waals surface area (Å²) in [5.74, 6) is 0.0799. The lowest BCUT2D eigenvalue weighted by atomic mass is 10.2. The summed E-state index contributed by atoms with van der Waals surface area (Å²) in [5, 5.41) is 3.54. The Bertz CT molecular complexity index is 419. The summed E-state index contributed by atoms with van der Waals surface area (Å²) in [6, 6.07) is 3.64. The van der Waals surface area contributed by atoms with Gasteiger partial charge in [0.05, 0.1) is 10.9 Å². The molecule has 1 aliphatic heterocycles. The zero-order chi connectivity index (χ0) is 12.1. The van der Waals surface area contributed by atoms with Crippen LogP contribution in [0.5, 0.6) is 0 Å². The van der Waals surface area contributed by atoms with E-state index in [2.05, 4.69) is 22.2 Å². The first kappa shape index (κ1) is 12.1. The minimum atomic E-state index is 0.0236. The molecule has 0 aliphatic carbocycles. The molecule has 2 heterocycles. The Balaban J connectivity index is 2.01. The van der Waals surface area contributed by atoms with Gasteiger partial charge in [-0.15, -0.1) is 0 Å². The van der Waals surface area contributed by atoms with Gasteiger partial charge in [0.2, 0.25) is 5.91 Å². The maximum absolute atomic E-state index is 11.7. The van der Waals surface area contributed by atoms with Crippen molar-refractivity contribution >= 4 is 28.5 Å². The van der Waals surface area contributed by atoms with E-state index in [4.69, 9.17) is 0 Å². The van der Waals surface area contributed by atoms with Crippen LogP contribution in [0, 0.1) is 0 Å². The predicted octanol–water partition coefficient (Wildman–Crippen LogP) is 2.49. The van der Waals surface area contributed by atoms with Gasteiger partial charge in [0, 0.05) is 12.4 Å². The molecule has 1 aromatic heterocycles. The third-order valence-corrected chi connectivity index (χ3v) is 3.64. The molecule has 1 aromatic rings. The number of amidine groups is 1. The van der Waals surface area contributed by atoms with Gasteiger partial charge >= 0.3 is 0 Å². The molecule has 17 heavy (non-hydrogen) atoms. The molecule has 1 aliphatic rings. The van der Waals surface area contributed by atoms with Gasteiger partial charge in [-0.2, -0.15) is 0 Å². The molecule has 2 rings (SSSR count). The molecule has 0 bridgehead atoms. The van der Waals surface area contributed by atoms with E-state index in [0.717, 1.165) is 24.9 Å². The minimum absolute atomic E-state index is 0.0236. The highest BCUT2D eigenvalue weighted by Gasteiger charge is 2.29. The number of rotatable bonds is 4. The molecule has 0 spiro atoms. The van der Waals surface area contributed by atoms with Crippen LogP contribution in [0.3, 0.4) is 0 Å². The molecule has 1 amide bonds. The number of aliphatic imine (C=N–C) groups is 1. The van der Waals surface area contributed by atoms with Crippen molar-refractivity contribution in [2.75, 3.05) is 0 Å². The van der Waals surface area contributed by atoms with Crippen molar-refractivity contribution in [3.05, 3.63) is 24.5 Å². The van der Waals surface area contributed by atoms with E-state index in [9.17, 15) is 4.79 Å². The third-order valence-electron chi connectivity index (χ3n) is 2.49. The molecule has 0 aromatic carbocycles. The molecule has 1 N–H and O–H groups in total. The zero-order valence-corrected chi connectivity index (χ0v) is 10.5. The average molecular weight is 249 g/mol. The second-order valence-electron chi connectivity index (χ2n) is 3.86. The number of hydrogen-bond acceptors (Lipinski definition) is 4. The van der Waals surface area contributed by atoms with Crippen molar-refractivity contribution in [3.8, 4) is 0 Å². The second kappa shape index (κ2) is 5.82. The first-order chi connectivity index (χ1) is 8.29. The van der Waals surface area contributed by atoms with Crippen LogP contribution in [0.1, 0.15) is 26.2 Å². The molecule has 1 saturated heterocycles. The summed E-state index contributed by atoms with van der Waals surface area (Å²) in [6.45, 7) is 2.13. The molecule has 5 heteroatoms. The number of hydrogen-bond donors (Lipinski definition) is 1. The number of unbranched alkanes of at least 4 members (excludes halogenated alkanes) is 1. The number of amides is 1. The fraction of sp³-hybridized carbons (Fsp3) is 0.417. The highest BCUT2D eigenvalue weighted by Crippen LogP contribution is 2.25. The number of pyridine rings is 1. The van der Waals surface area contributed by atoms with E-state index in [0.29, 0.717) is 5.17 Å². The van der Waals surface area contributed by atoms with Gasteiger partial charge < -0.3 is 5.32 Å².